The van der Waals surface area contributed by atoms with Gasteiger partial charge in [0.05, 0.1) is 18.3 Å². The van der Waals surface area contributed by atoms with Crippen LogP contribution in [0.15, 0.2) is 53.5 Å². The first-order chi connectivity index (χ1) is 15.1. The predicted molar refractivity (Wildman–Crippen MR) is 124 cm³/mol. The summed E-state index contributed by atoms with van der Waals surface area (Å²) in [6, 6.07) is 16.0. The van der Waals surface area contributed by atoms with E-state index in [1.807, 2.05) is 24.0 Å². The number of piperidine rings is 1. The summed E-state index contributed by atoms with van der Waals surface area (Å²) in [5.41, 5.74) is 3.04. The maximum absolute atomic E-state index is 14.7. The number of nitrogens with zero attached hydrogens (tertiary/aromatic N) is 2. The van der Waals surface area contributed by atoms with Gasteiger partial charge in [0, 0.05) is 31.6 Å². The molecule has 1 saturated heterocycles. The number of hydrogen-bond acceptors (Lipinski definition) is 3. The molecule has 1 saturated carbocycles. The number of halogens is 1. The minimum Gasteiger partial charge on any atom is -0.393 e. The molecule has 0 spiro atoms. The van der Waals surface area contributed by atoms with Gasteiger partial charge in [-0.3, -0.25) is 0 Å². The van der Waals surface area contributed by atoms with E-state index in [0.29, 0.717) is 38.2 Å². The van der Waals surface area contributed by atoms with Crippen LogP contribution in [0.2, 0.25) is 0 Å². The molecule has 0 bridgehead atoms. The zero-order valence-electron chi connectivity index (χ0n) is 18.3. The van der Waals surface area contributed by atoms with Crippen molar-refractivity contribution in [1.29, 1.82) is 0 Å². The first-order valence-electron chi connectivity index (χ1n) is 11.4. The highest BCUT2D eigenvalue weighted by Crippen LogP contribution is 2.47. The van der Waals surface area contributed by atoms with Gasteiger partial charge in [-0.25, -0.2) is 9.38 Å². The van der Waals surface area contributed by atoms with E-state index in [-0.39, 0.29) is 17.3 Å². The molecule has 2 aliphatic rings. The molecule has 3 N–H and O–H groups in total. The van der Waals surface area contributed by atoms with Gasteiger partial charge in [0.25, 0.3) is 0 Å². The van der Waals surface area contributed by atoms with Crippen molar-refractivity contribution < 1.29 is 9.50 Å². The van der Waals surface area contributed by atoms with Crippen LogP contribution in [0.1, 0.15) is 43.7 Å². The third-order valence-corrected chi connectivity index (χ3v) is 6.42. The number of aliphatic hydroxyl groups is 1. The van der Waals surface area contributed by atoms with Crippen LogP contribution >= 0.6 is 0 Å². The summed E-state index contributed by atoms with van der Waals surface area (Å²) in [6.45, 7) is 5.46. The van der Waals surface area contributed by atoms with Gasteiger partial charge in [-0.1, -0.05) is 36.4 Å². The lowest BCUT2D eigenvalue weighted by atomic mass is 9.96. The average molecular weight is 425 g/mol. The monoisotopic (exact) mass is 424 g/mol. The van der Waals surface area contributed by atoms with Gasteiger partial charge in [-0.15, -0.1) is 0 Å². The van der Waals surface area contributed by atoms with Crippen molar-refractivity contribution >= 4 is 11.6 Å². The summed E-state index contributed by atoms with van der Waals surface area (Å²) in [7, 11) is 0. The zero-order valence-corrected chi connectivity index (χ0v) is 18.3. The van der Waals surface area contributed by atoms with Crippen molar-refractivity contribution in [3.05, 3.63) is 65.5 Å². The van der Waals surface area contributed by atoms with Gasteiger partial charge < -0.3 is 20.6 Å². The van der Waals surface area contributed by atoms with Crippen molar-refractivity contribution in [2.45, 2.75) is 50.7 Å². The summed E-state index contributed by atoms with van der Waals surface area (Å²) in [4.78, 5) is 6.70. The van der Waals surface area contributed by atoms with Crippen molar-refractivity contribution in [3.63, 3.8) is 0 Å². The molecule has 1 aliphatic carbocycles. The highest BCUT2D eigenvalue weighted by Gasteiger charge is 2.44. The summed E-state index contributed by atoms with van der Waals surface area (Å²) < 4.78 is 14.7. The molecule has 2 aromatic rings. The van der Waals surface area contributed by atoms with Crippen molar-refractivity contribution in [3.8, 4) is 0 Å². The Morgan fingerprint density at radius 2 is 1.87 bits per heavy atom. The zero-order chi connectivity index (χ0) is 21.7. The van der Waals surface area contributed by atoms with Crippen LogP contribution in [0.3, 0.4) is 0 Å². The second kappa shape index (κ2) is 9.69. The topological polar surface area (TPSA) is 59.9 Å². The molecule has 1 heterocycles. The van der Waals surface area contributed by atoms with Gasteiger partial charge in [0.15, 0.2) is 5.96 Å². The Morgan fingerprint density at radius 3 is 2.52 bits per heavy atom. The highest BCUT2D eigenvalue weighted by atomic mass is 19.1. The van der Waals surface area contributed by atoms with Crippen LogP contribution in [-0.4, -0.2) is 43.3 Å². The molecule has 5 nitrogen and oxygen atoms in total. The molecule has 6 heteroatoms. The number of guanidine groups is 1. The summed E-state index contributed by atoms with van der Waals surface area (Å²) in [5, 5.41) is 16.5. The standard InChI is InChI=1S/C25H33FN4O/c1-2-27-24(29-18-25(12-13-25)20-6-4-3-5-7-20)28-17-19-8-9-23(22(26)16-19)30-14-10-21(31)11-15-30/h3-9,16,21,31H,2,10-15,17-18H2,1H3,(H2,27,28,29). The highest BCUT2D eigenvalue weighted by molar-refractivity contribution is 5.80. The van der Waals surface area contributed by atoms with Crippen LogP contribution in [0.25, 0.3) is 0 Å². The van der Waals surface area contributed by atoms with E-state index in [9.17, 15) is 9.50 Å². The van der Waals surface area contributed by atoms with Gasteiger partial charge in [-0.05, 0) is 55.9 Å². The number of hydrogen-bond donors (Lipinski definition) is 3. The molecule has 0 atom stereocenters. The van der Waals surface area contributed by atoms with Crippen LogP contribution in [0.5, 0.6) is 0 Å². The lowest BCUT2D eigenvalue weighted by molar-refractivity contribution is 0.145. The maximum Gasteiger partial charge on any atom is 0.191 e. The van der Waals surface area contributed by atoms with Crippen molar-refractivity contribution in [1.82, 2.24) is 10.6 Å². The Balaban J connectivity index is 1.38. The van der Waals surface area contributed by atoms with E-state index in [4.69, 9.17) is 0 Å². The van der Waals surface area contributed by atoms with Crippen LogP contribution in [-0.2, 0) is 12.0 Å². The van der Waals surface area contributed by atoms with Crippen LogP contribution in [0.4, 0.5) is 10.1 Å². The van der Waals surface area contributed by atoms with E-state index < -0.39 is 0 Å². The molecular weight excluding hydrogens is 391 g/mol. The van der Waals surface area contributed by atoms with E-state index in [2.05, 4.69) is 46.0 Å². The Hall–Kier alpha value is -2.60. The molecule has 0 amide bonds. The fraction of sp³-hybridized carbons (Fsp3) is 0.480. The molecular formula is C25H33FN4O. The molecule has 0 aromatic heterocycles. The average Bonchev–Trinajstić information content (AvgIpc) is 3.58. The van der Waals surface area contributed by atoms with E-state index in [1.54, 1.807) is 6.07 Å². The minimum absolute atomic E-state index is 0.202. The maximum atomic E-state index is 14.7. The fourth-order valence-corrected chi connectivity index (χ4v) is 4.29. The Labute approximate surface area is 184 Å². The molecule has 0 unspecified atom stereocenters. The molecule has 166 valence electrons. The molecule has 0 radical (unpaired) electrons. The molecule has 2 aromatic carbocycles. The fourth-order valence-electron chi connectivity index (χ4n) is 4.29. The second-order valence-corrected chi connectivity index (χ2v) is 8.70. The molecule has 31 heavy (non-hydrogen) atoms. The number of rotatable bonds is 7. The molecule has 4 rings (SSSR count). The van der Waals surface area contributed by atoms with Crippen LogP contribution in [0, 0.1) is 5.82 Å². The smallest absolute Gasteiger partial charge is 0.191 e. The van der Waals surface area contributed by atoms with Crippen molar-refractivity contribution in [2.24, 2.45) is 4.99 Å². The molecule has 1 aliphatic heterocycles. The van der Waals surface area contributed by atoms with Gasteiger partial charge in [-0.2, -0.15) is 0 Å². The molecule has 2 fully saturated rings. The largest absolute Gasteiger partial charge is 0.393 e. The van der Waals surface area contributed by atoms with Crippen LogP contribution < -0.4 is 15.5 Å². The van der Waals surface area contributed by atoms with Gasteiger partial charge >= 0.3 is 0 Å². The minimum atomic E-state index is -0.262. The number of nitrogens with one attached hydrogen (secondary N) is 2. The Morgan fingerprint density at radius 1 is 1.13 bits per heavy atom. The van der Waals surface area contributed by atoms with Gasteiger partial charge in [0.1, 0.15) is 5.82 Å². The lowest BCUT2D eigenvalue weighted by Gasteiger charge is -2.31. The van der Waals surface area contributed by atoms with E-state index in [0.717, 1.165) is 24.6 Å². The number of aliphatic imine (C=N–C) groups is 1. The summed E-state index contributed by atoms with van der Waals surface area (Å²) in [6.07, 6.45) is 3.48. The number of aliphatic hydroxyl groups excluding tert-OH is 1. The van der Waals surface area contributed by atoms with E-state index >= 15 is 0 Å². The Bertz CT molecular complexity index is 890. The predicted octanol–water partition coefficient (Wildman–Crippen LogP) is 3.57. The third-order valence-electron chi connectivity index (χ3n) is 6.42. The second-order valence-electron chi connectivity index (χ2n) is 8.70. The quantitative estimate of drug-likeness (QED) is 0.470. The summed E-state index contributed by atoms with van der Waals surface area (Å²) in [5.74, 6) is 0.544. The normalized spacial score (nSPS) is 18.7. The SMILES string of the molecule is CCNC(=NCc1ccc(N2CCC(O)CC2)c(F)c1)NCC1(c2ccccc2)CC1. The first kappa shape index (κ1) is 21.6. The lowest BCUT2D eigenvalue weighted by Crippen LogP contribution is -2.41. The number of benzene rings is 2. The van der Waals surface area contributed by atoms with E-state index in [1.165, 1.54) is 18.4 Å². The Kier molecular flexibility index (Phi) is 6.76. The van der Waals surface area contributed by atoms with Crippen molar-refractivity contribution in [2.75, 3.05) is 31.1 Å². The summed E-state index contributed by atoms with van der Waals surface area (Å²) >= 11 is 0. The third kappa shape index (κ3) is 5.37. The van der Waals surface area contributed by atoms with Gasteiger partial charge in [0.2, 0.25) is 0 Å². The number of anilines is 1. The first-order valence-corrected chi connectivity index (χ1v) is 11.4.